The smallest absolute Gasteiger partial charge is 0.379 e. The zero-order valence-corrected chi connectivity index (χ0v) is 12.5. The first-order chi connectivity index (χ1) is 8.76. The Balaban J connectivity index is 0.000000709. The molecule has 2 aliphatic rings. The van der Waals surface area contributed by atoms with Crippen LogP contribution < -0.4 is 0 Å². The monoisotopic (exact) mass is 296 g/mol. The quantitative estimate of drug-likeness (QED) is 0.363. The van der Waals surface area contributed by atoms with Crippen LogP contribution in [0, 0.1) is 0 Å². The van der Waals surface area contributed by atoms with Crippen LogP contribution in [0.2, 0.25) is 6.04 Å². The number of hydrogen-bond acceptors (Lipinski definition) is 6. The average Bonchev–Trinajstić information content (AvgIpc) is 3.27. The molecule has 7 heteroatoms. The largest absolute Gasteiger partial charge is 0.500 e. The van der Waals surface area contributed by atoms with E-state index in [0.717, 1.165) is 32.3 Å². The zero-order chi connectivity index (χ0) is 13.3. The molecule has 116 valence electrons. The molecule has 0 N–H and O–H groups in total. The van der Waals surface area contributed by atoms with Gasteiger partial charge in [-0.25, -0.2) is 0 Å². The average molecular weight is 296 g/mol. The van der Waals surface area contributed by atoms with E-state index in [1.54, 1.807) is 21.3 Å². The first kappa shape index (κ1) is 19.0. The summed E-state index contributed by atoms with van der Waals surface area (Å²) >= 11 is 0. The van der Waals surface area contributed by atoms with Crippen LogP contribution in [-0.4, -0.2) is 69.3 Å². The third-order valence-electron chi connectivity index (χ3n) is 2.61. The van der Waals surface area contributed by atoms with Crippen molar-refractivity contribution < 1.29 is 27.5 Å². The molecule has 2 fully saturated rings. The van der Waals surface area contributed by atoms with Crippen LogP contribution in [-0.2, 0) is 27.5 Å². The van der Waals surface area contributed by atoms with E-state index in [1.165, 1.54) is 0 Å². The summed E-state index contributed by atoms with van der Waals surface area (Å²) in [6.45, 7) is 4.24. The highest BCUT2D eigenvalue weighted by molar-refractivity contribution is 6.60. The number of ether oxygens (including phenoxy) is 3. The van der Waals surface area contributed by atoms with Gasteiger partial charge in [-0.1, -0.05) is 7.43 Å². The van der Waals surface area contributed by atoms with Gasteiger partial charge in [0.25, 0.3) is 0 Å². The minimum absolute atomic E-state index is 0. The lowest BCUT2D eigenvalue weighted by Gasteiger charge is -2.24. The van der Waals surface area contributed by atoms with E-state index in [0.29, 0.717) is 19.3 Å². The van der Waals surface area contributed by atoms with Gasteiger partial charge in [0.05, 0.1) is 26.4 Å². The summed E-state index contributed by atoms with van der Waals surface area (Å²) in [5, 5.41) is 0. The molecule has 0 amide bonds. The van der Waals surface area contributed by atoms with Gasteiger partial charge < -0.3 is 27.5 Å². The van der Waals surface area contributed by atoms with Crippen molar-refractivity contribution in [2.75, 3.05) is 54.4 Å². The predicted octanol–water partition coefficient (Wildman–Crippen LogP) is 1.32. The topological polar surface area (TPSA) is 62.0 Å². The molecule has 0 aromatic carbocycles. The number of epoxide rings is 2. The van der Waals surface area contributed by atoms with Crippen LogP contribution in [0.15, 0.2) is 0 Å². The molecule has 2 aliphatic heterocycles. The van der Waals surface area contributed by atoms with Gasteiger partial charge in [0, 0.05) is 34.0 Å². The van der Waals surface area contributed by atoms with E-state index in [9.17, 15) is 0 Å². The lowest BCUT2D eigenvalue weighted by Crippen LogP contribution is -2.42. The molecule has 2 rings (SSSR count). The molecule has 0 spiro atoms. The summed E-state index contributed by atoms with van der Waals surface area (Å²) in [7, 11) is 2.48. The molecular formula is C12H28O6Si. The lowest BCUT2D eigenvalue weighted by atomic mass is 10.5. The summed E-state index contributed by atoms with van der Waals surface area (Å²) in [6, 6.07) is 0.780. The van der Waals surface area contributed by atoms with Crippen LogP contribution in [0.3, 0.4) is 0 Å². The molecule has 2 heterocycles. The fourth-order valence-electron chi connectivity index (χ4n) is 1.33. The maximum atomic E-state index is 5.42. The first-order valence-corrected chi connectivity index (χ1v) is 8.12. The summed E-state index contributed by atoms with van der Waals surface area (Å²) < 4.78 is 30.8. The highest BCUT2D eigenvalue weighted by atomic mass is 28.4. The number of hydrogen-bond donors (Lipinski definition) is 0. The predicted molar refractivity (Wildman–Crippen MR) is 74.3 cm³/mol. The van der Waals surface area contributed by atoms with Crippen molar-refractivity contribution in [2.45, 2.75) is 26.0 Å². The molecule has 0 aromatic heterocycles. The standard InChI is InChI=1S/C9H20O5Si.C2H4O.CH4/c1-10-15(11-2,12-3)6-4-5-13-7-9-8-14-9;1-2-3-1;/h9H,4-8H2,1-3H3;1-2H2;1H4. The molecule has 0 radical (unpaired) electrons. The Morgan fingerprint density at radius 2 is 1.63 bits per heavy atom. The van der Waals surface area contributed by atoms with Gasteiger partial charge >= 0.3 is 8.80 Å². The van der Waals surface area contributed by atoms with E-state index < -0.39 is 8.80 Å². The molecule has 0 aliphatic carbocycles. The Morgan fingerprint density at radius 3 is 2.00 bits per heavy atom. The molecule has 6 nitrogen and oxygen atoms in total. The summed E-state index contributed by atoms with van der Waals surface area (Å²) in [4.78, 5) is 0. The van der Waals surface area contributed by atoms with Crippen LogP contribution in [0.25, 0.3) is 0 Å². The normalized spacial score (nSPS) is 20.1. The second-order valence-corrected chi connectivity index (χ2v) is 7.13. The van der Waals surface area contributed by atoms with Crippen LogP contribution in [0.5, 0.6) is 0 Å². The van der Waals surface area contributed by atoms with Crippen molar-refractivity contribution in [1.82, 2.24) is 0 Å². The molecule has 0 bridgehead atoms. The Bertz CT molecular complexity index is 195. The van der Waals surface area contributed by atoms with Crippen LogP contribution >= 0.6 is 0 Å². The minimum atomic E-state index is -2.39. The Hall–Kier alpha value is -0.0231. The van der Waals surface area contributed by atoms with E-state index in [-0.39, 0.29) is 7.43 Å². The molecule has 19 heavy (non-hydrogen) atoms. The molecule has 0 saturated carbocycles. The van der Waals surface area contributed by atoms with E-state index >= 15 is 0 Å². The van der Waals surface area contributed by atoms with E-state index in [1.807, 2.05) is 0 Å². The van der Waals surface area contributed by atoms with Gasteiger partial charge in [-0.3, -0.25) is 0 Å². The number of rotatable bonds is 9. The van der Waals surface area contributed by atoms with Crippen LogP contribution in [0.4, 0.5) is 0 Å². The van der Waals surface area contributed by atoms with Gasteiger partial charge in [0.15, 0.2) is 0 Å². The SMILES string of the molecule is C.C1CO1.CO[Si](CCCOCC1CO1)(OC)OC. The highest BCUT2D eigenvalue weighted by Crippen LogP contribution is 2.15. The molecule has 1 atom stereocenters. The third-order valence-corrected chi connectivity index (χ3v) is 5.45. The third kappa shape index (κ3) is 9.50. The zero-order valence-electron chi connectivity index (χ0n) is 11.5. The van der Waals surface area contributed by atoms with Crippen molar-refractivity contribution in [3.05, 3.63) is 0 Å². The maximum Gasteiger partial charge on any atom is 0.500 e. The van der Waals surface area contributed by atoms with E-state index in [4.69, 9.17) is 22.8 Å². The maximum absolute atomic E-state index is 5.42. The molecule has 1 unspecified atom stereocenters. The second kappa shape index (κ2) is 10.7. The van der Waals surface area contributed by atoms with Crippen molar-refractivity contribution in [3.63, 3.8) is 0 Å². The Kier molecular flexibility index (Phi) is 10.7. The van der Waals surface area contributed by atoms with Gasteiger partial charge in [0.2, 0.25) is 0 Å². The summed E-state index contributed by atoms with van der Waals surface area (Å²) in [5.74, 6) is 0. The van der Waals surface area contributed by atoms with Gasteiger partial charge in [-0.05, 0) is 6.42 Å². The van der Waals surface area contributed by atoms with Gasteiger partial charge in [-0.2, -0.15) is 0 Å². The van der Waals surface area contributed by atoms with Crippen molar-refractivity contribution in [2.24, 2.45) is 0 Å². The molecule has 0 aromatic rings. The Labute approximate surface area is 117 Å². The minimum Gasteiger partial charge on any atom is -0.379 e. The van der Waals surface area contributed by atoms with Gasteiger partial charge in [-0.15, -0.1) is 0 Å². The summed E-state index contributed by atoms with van der Waals surface area (Å²) in [6.07, 6.45) is 1.22. The summed E-state index contributed by atoms with van der Waals surface area (Å²) in [5.41, 5.74) is 0. The van der Waals surface area contributed by atoms with E-state index in [2.05, 4.69) is 4.74 Å². The van der Waals surface area contributed by atoms with Crippen molar-refractivity contribution in [3.8, 4) is 0 Å². The second-order valence-electron chi connectivity index (χ2n) is 4.04. The highest BCUT2D eigenvalue weighted by Gasteiger charge is 2.36. The Morgan fingerprint density at radius 1 is 1.11 bits per heavy atom. The van der Waals surface area contributed by atoms with Gasteiger partial charge in [0.1, 0.15) is 6.10 Å². The molecular weight excluding hydrogens is 268 g/mol. The van der Waals surface area contributed by atoms with Crippen LogP contribution in [0.1, 0.15) is 13.8 Å². The fraction of sp³-hybridized carbons (Fsp3) is 1.00. The fourth-order valence-corrected chi connectivity index (χ4v) is 3.02. The lowest BCUT2D eigenvalue weighted by molar-refractivity contribution is 0.100. The van der Waals surface area contributed by atoms with Crippen molar-refractivity contribution in [1.29, 1.82) is 0 Å². The molecule has 2 saturated heterocycles. The van der Waals surface area contributed by atoms with Crippen molar-refractivity contribution >= 4 is 8.80 Å². The first-order valence-electron chi connectivity index (χ1n) is 6.19.